The molecular formula is C51H32N4S. The van der Waals surface area contributed by atoms with Gasteiger partial charge >= 0.3 is 0 Å². The summed E-state index contributed by atoms with van der Waals surface area (Å²) in [4.78, 5) is 1.19. The Balaban J connectivity index is 1.14. The van der Waals surface area contributed by atoms with E-state index in [-0.39, 0.29) is 0 Å². The molecular weight excluding hydrogens is 701 g/mol. The van der Waals surface area contributed by atoms with Gasteiger partial charge in [-0.1, -0.05) is 170 Å². The second-order valence-corrected chi connectivity index (χ2v) is 15.1. The van der Waals surface area contributed by atoms with Gasteiger partial charge in [-0.25, -0.2) is 0 Å². The van der Waals surface area contributed by atoms with Crippen LogP contribution in [-0.2, 0) is 6.42 Å². The molecule has 0 bridgehead atoms. The predicted molar refractivity (Wildman–Crippen MR) is 230 cm³/mol. The average Bonchev–Trinajstić information content (AvgIpc) is 3.85. The summed E-state index contributed by atoms with van der Waals surface area (Å²) in [6.07, 6.45) is 0.955. The van der Waals surface area contributed by atoms with Gasteiger partial charge in [-0.3, -0.25) is 0 Å². The summed E-state index contributed by atoms with van der Waals surface area (Å²) in [5.74, 6) is 0. The second kappa shape index (κ2) is 13.3. The average molecular weight is 733 g/mol. The van der Waals surface area contributed by atoms with Crippen molar-refractivity contribution in [2.75, 3.05) is 0 Å². The zero-order valence-electron chi connectivity index (χ0n) is 30.2. The lowest BCUT2D eigenvalue weighted by atomic mass is 9.86. The molecule has 0 atom stereocenters. The number of benzene rings is 7. The molecule has 0 saturated heterocycles. The maximum absolute atomic E-state index is 5.17. The standard InChI is InChI=1S/C51H32N4S/c1-3-15-32(16-4-1)35-20-9-12-24-41(35)49-50(42-25-13-10-21-36(42)33-17-5-2-6-18-33)52-55-53-51(49)43-26-14-11-23-40(43)47-30-46-39-28-27-38-37-22-8-7-19-34(37)29-44(38)45(39)31-48(46)56-54-47/h1-28,30-31H,29H2. The first kappa shape index (κ1) is 32.4. The van der Waals surface area contributed by atoms with Crippen LogP contribution in [-0.4, -0.2) is 19.8 Å². The van der Waals surface area contributed by atoms with Crippen molar-refractivity contribution in [1.29, 1.82) is 0 Å². The SMILES string of the molecule is c1ccc(-c2ccccc2-c2nnnc(-c3ccccc3-c3cc4c5ccc6c(c5cc-4sn3)Cc3ccccc3-6)c2-c2ccccc2-c2ccccc2)cc1. The van der Waals surface area contributed by atoms with Gasteiger partial charge in [0.15, 0.2) is 0 Å². The van der Waals surface area contributed by atoms with Crippen LogP contribution >= 0.6 is 11.5 Å². The first-order chi connectivity index (χ1) is 27.8. The van der Waals surface area contributed by atoms with E-state index in [1.54, 1.807) is 11.5 Å². The van der Waals surface area contributed by atoms with Gasteiger partial charge in [0.05, 0.1) is 10.6 Å². The molecule has 11 rings (SSSR count). The maximum Gasteiger partial charge on any atom is 0.105 e. The third kappa shape index (κ3) is 5.28. The molecule has 0 saturated carbocycles. The fourth-order valence-electron chi connectivity index (χ4n) is 8.59. The van der Waals surface area contributed by atoms with Crippen LogP contribution < -0.4 is 0 Å². The molecule has 2 aliphatic carbocycles. The molecule has 5 heteroatoms. The number of nitrogens with zero attached hydrogens (tertiary/aromatic N) is 4. The fourth-order valence-corrected chi connectivity index (χ4v) is 9.37. The van der Waals surface area contributed by atoms with Gasteiger partial charge in [0.1, 0.15) is 11.4 Å². The molecule has 262 valence electrons. The summed E-state index contributed by atoms with van der Waals surface area (Å²) in [7, 11) is 0. The van der Waals surface area contributed by atoms with Crippen molar-refractivity contribution in [3.05, 3.63) is 193 Å². The number of fused-ring (bicyclic) bond motifs is 7. The summed E-state index contributed by atoms with van der Waals surface area (Å²) in [6.45, 7) is 0. The quantitative estimate of drug-likeness (QED) is 0.171. The maximum atomic E-state index is 5.17. The summed E-state index contributed by atoms with van der Waals surface area (Å²) >= 11 is 1.56. The molecule has 0 unspecified atom stereocenters. The minimum absolute atomic E-state index is 0.756. The first-order valence-electron chi connectivity index (χ1n) is 18.9. The number of hydrogen-bond acceptors (Lipinski definition) is 5. The van der Waals surface area contributed by atoms with E-state index in [2.05, 4.69) is 181 Å². The van der Waals surface area contributed by atoms with Gasteiger partial charge in [-0.05, 0) is 96.1 Å². The van der Waals surface area contributed by atoms with Gasteiger partial charge in [0.25, 0.3) is 0 Å². The zero-order chi connectivity index (χ0) is 37.0. The molecule has 0 amide bonds. The van der Waals surface area contributed by atoms with E-state index in [4.69, 9.17) is 14.6 Å². The molecule has 0 N–H and O–H groups in total. The lowest BCUT2D eigenvalue weighted by Crippen LogP contribution is -2.03. The highest BCUT2D eigenvalue weighted by molar-refractivity contribution is 7.09. The molecule has 0 spiro atoms. The topological polar surface area (TPSA) is 51.6 Å². The van der Waals surface area contributed by atoms with Crippen molar-refractivity contribution >= 4 is 22.3 Å². The molecule has 2 heterocycles. The van der Waals surface area contributed by atoms with E-state index in [1.165, 1.54) is 43.5 Å². The number of aromatic nitrogens is 4. The Morgan fingerprint density at radius 2 is 0.929 bits per heavy atom. The highest BCUT2D eigenvalue weighted by atomic mass is 32.1. The smallest absolute Gasteiger partial charge is 0.105 e. The molecule has 1 aliphatic heterocycles. The van der Waals surface area contributed by atoms with Crippen molar-refractivity contribution < 1.29 is 0 Å². The van der Waals surface area contributed by atoms with Crippen molar-refractivity contribution in [3.8, 4) is 88.7 Å². The Morgan fingerprint density at radius 1 is 0.393 bits per heavy atom. The van der Waals surface area contributed by atoms with E-state index in [1.807, 2.05) is 6.07 Å². The minimum atomic E-state index is 0.756. The monoisotopic (exact) mass is 732 g/mol. The van der Waals surface area contributed by atoms with Crippen molar-refractivity contribution in [2.45, 2.75) is 6.42 Å². The van der Waals surface area contributed by atoms with Gasteiger partial charge in [0.2, 0.25) is 0 Å². The highest BCUT2D eigenvalue weighted by Gasteiger charge is 2.27. The Hall–Kier alpha value is -7.08. The fraction of sp³-hybridized carbons (Fsp3) is 0.0196. The highest BCUT2D eigenvalue weighted by Crippen LogP contribution is 2.49. The van der Waals surface area contributed by atoms with Crippen LogP contribution in [0.5, 0.6) is 0 Å². The van der Waals surface area contributed by atoms with Crippen LogP contribution in [0.4, 0.5) is 0 Å². The molecule has 3 aliphatic rings. The lowest BCUT2D eigenvalue weighted by Gasteiger charge is -2.19. The first-order valence-corrected chi connectivity index (χ1v) is 19.6. The van der Waals surface area contributed by atoms with E-state index < -0.39 is 0 Å². The molecule has 0 radical (unpaired) electrons. The molecule has 8 aromatic rings. The summed E-state index contributed by atoms with van der Waals surface area (Å²) in [5.41, 5.74) is 18.4. The van der Waals surface area contributed by atoms with E-state index in [9.17, 15) is 0 Å². The number of hydrogen-bond donors (Lipinski definition) is 0. The van der Waals surface area contributed by atoms with Crippen molar-refractivity contribution in [2.24, 2.45) is 0 Å². The Labute approximate surface area is 329 Å². The molecule has 4 nitrogen and oxygen atoms in total. The molecule has 56 heavy (non-hydrogen) atoms. The van der Waals surface area contributed by atoms with Crippen molar-refractivity contribution in [1.82, 2.24) is 19.8 Å². The largest absolute Gasteiger partial charge is 0.192 e. The van der Waals surface area contributed by atoms with Gasteiger partial charge in [0, 0.05) is 27.8 Å². The van der Waals surface area contributed by atoms with E-state index in [0.717, 1.165) is 73.6 Å². The Morgan fingerprint density at radius 3 is 1.61 bits per heavy atom. The second-order valence-electron chi connectivity index (χ2n) is 14.3. The zero-order valence-corrected chi connectivity index (χ0v) is 31.0. The third-order valence-electron chi connectivity index (χ3n) is 11.2. The van der Waals surface area contributed by atoms with Crippen LogP contribution in [0.1, 0.15) is 11.1 Å². The number of rotatable bonds is 6. The van der Waals surface area contributed by atoms with Gasteiger partial charge in [-0.2, -0.15) is 4.37 Å². The third-order valence-corrected chi connectivity index (χ3v) is 12.0. The van der Waals surface area contributed by atoms with Crippen LogP contribution in [0.2, 0.25) is 0 Å². The lowest BCUT2D eigenvalue weighted by molar-refractivity contribution is 0.879. The summed E-state index contributed by atoms with van der Waals surface area (Å²) < 4.78 is 5.17. The Bertz CT molecular complexity index is 3060. The van der Waals surface area contributed by atoms with Gasteiger partial charge < -0.3 is 0 Å². The minimum Gasteiger partial charge on any atom is -0.192 e. The van der Waals surface area contributed by atoms with Crippen LogP contribution in [0.15, 0.2) is 182 Å². The molecule has 7 aromatic carbocycles. The predicted octanol–water partition coefficient (Wildman–Crippen LogP) is 13.2. The van der Waals surface area contributed by atoms with Gasteiger partial charge in [-0.15, -0.1) is 10.2 Å². The normalized spacial score (nSPS) is 11.9. The van der Waals surface area contributed by atoms with Crippen LogP contribution in [0, 0.1) is 0 Å². The van der Waals surface area contributed by atoms with Crippen LogP contribution in [0.25, 0.3) is 99.5 Å². The molecule has 1 aromatic heterocycles. The molecule has 0 fully saturated rings. The van der Waals surface area contributed by atoms with Crippen LogP contribution in [0.3, 0.4) is 0 Å². The van der Waals surface area contributed by atoms with Crippen molar-refractivity contribution in [3.63, 3.8) is 0 Å². The Kier molecular flexibility index (Phi) is 7.71. The summed E-state index contributed by atoms with van der Waals surface area (Å²) in [5, 5.41) is 16.9. The van der Waals surface area contributed by atoms with E-state index in [0.29, 0.717) is 0 Å². The summed E-state index contributed by atoms with van der Waals surface area (Å²) in [6, 6.07) is 64.5. The van der Waals surface area contributed by atoms with E-state index >= 15 is 0 Å².